The number of ketones is 1. The lowest BCUT2D eigenvalue weighted by atomic mass is 10.0. The highest BCUT2D eigenvalue weighted by atomic mass is 35.5. The minimum Gasteiger partial charge on any atom is -0.598 e. The number of halogens is 4. The second-order valence-corrected chi connectivity index (χ2v) is 12.1. The van der Waals surface area contributed by atoms with Crippen LogP contribution in [0.4, 0.5) is 13.2 Å². The first-order chi connectivity index (χ1) is 15.3. The zero-order chi connectivity index (χ0) is 24.8. The number of hydrogen-bond donors (Lipinski definition) is 1. The second-order valence-electron chi connectivity index (χ2n) is 8.55. The van der Waals surface area contributed by atoms with Crippen LogP contribution >= 0.6 is 22.9 Å². The Morgan fingerprint density at radius 1 is 1.24 bits per heavy atom. The predicted octanol–water partition coefficient (Wildman–Crippen LogP) is 7.05. The molecular weight excluding hydrogens is 495 g/mol. The lowest BCUT2D eigenvalue weighted by Gasteiger charge is -2.28. The van der Waals surface area contributed by atoms with Crippen molar-refractivity contribution in [2.24, 2.45) is 0 Å². The molecule has 4 nitrogen and oxygen atoms in total. The third-order valence-electron chi connectivity index (χ3n) is 4.70. The summed E-state index contributed by atoms with van der Waals surface area (Å²) in [4.78, 5) is 14.7. The number of carbonyl (C=O) groups is 1. The van der Waals surface area contributed by atoms with Crippen LogP contribution in [0.3, 0.4) is 0 Å². The molecule has 1 heterocycles. The molecule has 184 valence electrons. The first-order valence-corrected chi connectivity index (χ1v) is 12.9. The summed E-state index contributed by atoms with van der Waals surface area (Å²) in [5, 5.41) is 0.278. The molecule has 2 aromatic rings. The van der Waals surface area contributed by atoms with Gasteiger partial charge in [0, 0.05) is 34.1 Å². The van der Waals surface area contributed by atoms with E-state index in [1.807, 2.05) is 33.8 Å². The molecule has 0 saturated heterocycles. The van der Waals surface area contributed by atoms with Gasteiger partial charge in [0.15, 0.2) is 5.78 Å². The van der Waals surface area contributed by atoms with Gasteiger partial charge in [-0.1, -0.05) is 24.6 Å². The largest absolute Gasteiger partial charge is 0.598 e. The molecule has 10 heteroatoms. The monoisotopic (exact) mass is 523 g/mol. The standard InChI is InChI=1S/C23H29ClF3NO3S2/c1-5-16-8-10-21(32-16)20(29)14-19(28-33(30)22(2,3)4)17-9-7-15(13-18(17)24)31-12-6-11-23(25,26)27/h7-10,13,19,28H,5-6,11-12,14H2,1-4H3/t19-,33?/m0/s1. The summed E-state index contributed by atoms with van der Waals surface area (Å²) in [5.41, 5.74) is 0.567. The molecule has 1 aromatic carbocycles. The summed E-state index contributed by atoms with van der Waals surface area (Å²) in [6, 6.07) is 7.85. The SMILES string of the molecule is CCc1ccc(C(=O)C[C@H](N[S+]([O-])C(C)(C)C)c2ccc(OCCCC(F)(F)F)cc2Cl)s1. The Labute approximate surface area is 205 Å². The molecule has 0 amide bonds. The lowest BCUT2D eigenvalue weighted by Crippen LogP contribution is -2.41. The highest BCUT2D eigenvalue weighted by molar-refractivity contribution is 7.90. The van der Waals surface area contributed by atoms with Gasteiger partial charge in [-0.05, 0) is 63.4 Å². The number of benzene rings is 1. The van der Waals surface area contributed by atoms with E-state index in [4.69, 9.17) is 16.3 Å². The van der Waals surface area contributed by atoms with Crippen molar-refractivity contribution in [3.8, 4) is 5.75 Å². The van der Waals surface area contributed by atoms with Crippen LogP contribution in [-0.2, 0) is 17.8 Å². The van der Waals surface area contributed by atoms with Crippen LogP contribution in [-0.4, -0.2) is 27.9 Å². The Morgan fingerprint density at radius 3 is 2.48 bits per heavy atom. The molecule has 0 radical (unpaired) electrons. The van der Waals surface area contributed by atoms with E-state index < -0.39 is 34.7 Å². The van der Waals surface area contributed by atoms with Crippen LogP contribution in [0, 0.1) is 0 Å². The third kappa shape index (κ3) is 9.13. The van der Waals surface area contributed by atoms with Crippen LogP contribution in [0.25, 0.3) is 0 Å². The number of ether oxygens (including phenoxy) is 1. The number of carbonyl (C=O) groups excluding carboxylic acids is 1. The van der Waals surface area contributed by atoms with Crippen molar-refractivity contribution >= 4 is 40.1 Å². The van der Waals surface area contributed by atoms with E-state index in [1.54, 1.807) is 18.2 Å². The Morgan fingerprint density at radius 2 is 1.94 bits per heavy atom. The maximum atomic E-state index is 12.9. The van der Waals surface area contributed by atoms with Crippen molar-refractivity contribution in [2.75, 3.05) is 6.61 Å². The van der Waals surface area contributed by atoms with Crippen molar-refractivity contribution < 1.29 is 27.3 Å². The Kier molecular flexibility index (Phi) is 10.1. The number of alkyl halides is 3. The van der Waals surface area contributed by atoms with Crippen molar-refractivity contribution in [1.29, 1.82) is 0 Å². The fourth-order valence-electron chi connectivity index (χ4n) is 2.87. The molecule has 0 aliphatic heterocycles. The molecule has 33 heavy (non-hydrogen) atoms. The van der Waals surface area contributed by atoms with E-state index in [0.717, 1.165) is 11.3 Å². The van der Waals surface area contributed by atoms with Crippen LogP contribution in [0.5, 0.6) is 5.75 Å². The summed E-state index contributed by atoms with van der Waals surface area (Å²) in [7, 11) is 0. The summed E-state index contributed by atoms with van der Waals surface area (Å²) >= 11 is 6.43. The maximum Gasteiger partial charge on any atom is 0.389 e. The third-order valence-corrected chi connectivity index (χ3v) is 7.91. The van der Waals surface area contributed by atoms with E-state index in [1.165, 1.54) is 17.4 Å². The molecule has 0 aliphatic carbocycles. The minimum absolute atomic E-state index is 0.0526. The fourth-order valence-corrected chi connectivity index (χ4v) is 4.89. The molecule has 2 atom stereocenters. The molecule has 1 aromatic heterocycles. The quantitative estimate of drug-likeness (QED) is 0.195. The van der Waals surface area contributed by atoms with Crippen molar-refractivity contribution in [2.45, 2.75) is 70.3 Å². The number of thiophene rings is 1. The predicted molar refractivity (Wildman–Crippen MR) is 129 cm³/mol. The first-order valence-electron chi connectivity index (χ1n) is 10.6. The van der Waals surface area contributed by atoms with Gasteiger partial charge in [-0.3, -0.25) is 4.79 Å². The normalized spacial score (nSPS) is 14.2. The van der Waals surface area contributed by atoms with E-state index >= 15 is 0 Å². The summed E-state index contributed by atoms with van der Waals surface area (Å²) < 4.78 is 57.5. The van der Waals surface area contributed by atoms with Crippen LogP contribution in [0.15, 0.2) is 30.3 Å². The van der Waals surface area contributed by atoms with Gasteiger partial charge in [0.2, 0.25) is 0 Å². The highest BCUT2D eigenvalue weighted by Gasteiger charge is 2.32. The van der Waals surface area contributed by atoms with Gasteiger partial charge in [0.25, 0.3) is 0 Å². The van der Waals surface area contributed by atoms with Gasteiger partial charge < -0.3 is 9.29 Å². The summed E-state index contributed by atoms with van der Waals surface area (Å²) in [6.45, 7) is 7.38. The van der Waals surface area contributed by atoms with Gasteiger partial charge in [-0.25, -0.2) is 0 Å². The lowest BCUT2D eigenvalue weighted by molar-refractivity contribution is -0.136. The number of Topliss-reactive ketones (excluding diaryl/α,β-unsaturated/α-hetero) is 1. The average Bonchev–Trinajstić information content (AvgIpc) is 3.19. The van der Waals surface area contributed by atoms with E-state index in [2.05, 4.69) is 4.72 Å². The van der Waals surface area contributed by atoms with Gasteiger partial charge in [-0.2, -0.15) is 13.2 Å². The van der Waals surface area contributed by atoms with Gasteiger partial charge >= 0.3 is 6.18 Å². The minimum atomic E-state index is -4.22. The molecule has 1 N–H and O–H groups in total. The number of aryl methyl sites for hydroxylation is 1. The molecule has 0 aliphatic rings. The number of rotatable bonds is 11. The van der Waals surface area contributed by atoms with Gasteiger partial charge in [-0.15, -0.1) is 16.1 Å². The topological polar surface area (TPSA) is 61.4 Å². The molecule has 0 bridgehead atoms. The molecule has 0 saturated carbocycles. The smallest absolute Gasteiger partial charge is 0.389 e. The van der Waals surface area contributed by atoms with E-state index in [9.17, 15) is 22.5 Å². The van der Waals surface area contributed by atoms with E-state index in [0.29, 0.717) is 16.2 Å². The van der Waals surface area contributed by atoms with Crippen LogP contribution < -0.4 is 9.46 Å². The summed E-state index contributed by atoms with van der Waals surface area (Å²) in [5.74, 6) is 0.241. The zero-order valence-corrected chi connectivity index (χ0v) is 21.4. The Bertz CT molecular complexity index is 928. The van der Waals surface area contributed by atoms with Crippen molar-refractivity contribution in [3.63, 3.8) is 0 Å². The molecule has 2 rings (SSSR count). The Balaban J connectivity index is 2.18. The number of hydrogen-bond acceptors (Lipinski definition) is 5. The van der Waals surface area contributed by atoms with E-state index in [-0.39, 0.29) is 30.3 Å². The zero-order valence-electron chi connectivity index (χ0n) is 19.1. The first kappa shape index (κ1) is 28.0. The average molecular weight is 524 g/mol. The van der Waals surface area contributed by atoms with Gasteiger partial charge in [0.05, 0.1) is 17.5 Å². The molecule has 1 unspecified atom stereocenters. The molecule has 0 spiro atoms. The fraction of sp³-hybridized carbons (Fsp3) is 0.522. The Hall–Kier alpha value is -1.26. The van der Waals surface area contributed by atoms with Crippen LogP contribution in [0.2, 0.25) is 5.02 Å². The van der Waals surface area contributed by atoms with Crippen LogP contribution in [0.1, 0.15) is 73.1 Å². The summed E-state index contributed by atoms with van der Waals surface area (Å²) in [6.07, 6.45) is -4.42. The van der Waals surface area contributed by atoms with Gasteiger partial charge in [0.1, 0.15) is 10.5 Å². The maximum absolute atomic E-state index is 12.9. The number of nitrogens with one attached hydrogen (secondary N) is 1. The van der Waals surface area contributed by atoms with Crippen molar-refractivity contribution in [1.82, 2.24) is 4.72 Å². The highest BCUT2D eigenvalue weighted by Crippen LogP contribution is 2.33. The molecule has 0 fully saturated rings. The molecular formula is C23H29ClF3NO3S2. The second kappa shape index (κ2) is 11.9. The van der Waals surface area contributed by atoms with Crippen molar-refractivity contribution in [3.05, 3.63) is 50.7 Å².